The molecule has 0 amide bonds. The van der Waals surface area contributed by atoms with Gasteiger partial charge in [0.05, 0.1) is 0 Å². The molecular weight excluding hydrogens is 260 g/mol. The predicted molar refractivity (Wildman–Crippen MR) is 78.5 cm³/mol. The molecule has 0 aromatic heterocycles. The van der Waals surface area contributed by atoms with Gasteiger partial charge in [-0.25, -0.2) is 9.59 Å². The Morgan fingerprint density at radius 1 is 1.00 bits per heavy atom. The number of rotatable bonds is 6. The van der Waals surface area contributed by atoms with Crippen molar-refractivity contribution in [1.82, 2.24) is 0 Å². The fourth-order valence-corrected chi connectivity index (χ4v) is 8.03. The van der Waals surface area contributed by atoms with Crippen molar-refractivity contribution in [2.24, 2.45) is 0 Å². The molecule has 19 heavy (non-hydrogen) atoms. The van der Waals surface area contributed by atoms with Gasteiger partial charge in [-0.15, -0.1) is 0 Å². The summed E-state index contributed by atoms with van der Waals surface area (Å²) in [6.07, 6.45) is 0.905. The maximum Gasteiger partial charge on any atom is 0.328 e. The number of carbonyl (C=O) groups is 2. The third-order valence-electron chi connectivity index (χ3n) is 3.64. The van der Waals surface area contributed by atoms with E-state index in [-0.39, 0.29) is 22.2 Å². The van der Waals surface area contributed by atoms with Crippen molar-refractivity contribution in [2.45, 2.75) is 65.1 Å². The third kappa shape index (κ3) is 4.20. The maximum absolute atomic E-state index is 12.1. The number of hydrogen-bond donors (Lipinski definition) is 1. The van der Waals surface area contributed by atoms with Crippen molar-refractivity contribution in [3.63, 3.8) is 0 Å². The van der Waals surface area contributed by atoms with E-state index in [0.717, 1.165) is 6.08 Å². The highest BCUT2D eigenvalue weighted by molar-refractivity contribution is 6.79. The van der Waals surface area contributed by atoms with Crippen molar-refractivity contribution >= 4 is 20.3 Å². The molecule has 0 aliphatic heterocycles. The lowest BCUT2D eigenvalue weighted by atomic mass is 10.3. The lowest BCUT2D eigenvalue weighted by molar-refractivity contribution is -0.134. The van der Waals surface area contributed by atoms with Crippen molar-refractivity contribution in [3.05, 3.63) is 11.6 Å². The molecule has 5 heteroatoms. The molecule has 0 saturated carbocycles. The van der Waals surface area contributed by atoms with Gasteiger partial charge in [0.25, 0.3) is 8.32 Å². The molecule has 4 nitrogen and oxygen atoms in total. The standard InChI is InChI=1S/C14H26O4Si/c1-9(2)19(10(3)4,11(5)6)18-14(17)12(7)8-13(15)16/h8-11H,1-7H3,(H,15,16)/b12-8-. The Hall–Kier alpha value is -1.10. The molecule has 0 heterocycles. The van der Waals surface area contributed by atoms with Gasteiger partial charge in [-0.05, 0) is 23.5 Å². The quantitative estimate of drug-likeness (QED) is 0.597. The Morgan fingerprint density at radius 3 is 1.63 bits per heavy atom. The van der Waals surface area contributed by atoms with Gasteiger partial charge in [0.2, 0.25) is 0 Å². The smallest absolute Gasteiger partial charge is 0.328 e. The molecule has 0 aromatic carbocycles. The summed E-state index contributed by atoms with van der Waals surface area (Å²) in [5, 5.41) is 8.69. The second-order valence-electron chi connectivity index (χ2n) is 5.87. The second kappa shape index (κ2) is 6.89. The fourth-order valence-electron chi connectivity index (χ4n) is 2.84. The number of carbonyl (C=O) groups excluding carboxylic acids is 1. The number of carboxylic acid groups (broad SMARTS) is 1. The van der Waals surface area contributed by atoms with Crippen molar-refractivity contribution < 1.29 is 19.1 Å². The zero-order valence-corrected chi connectivity index (χ0v) is 14.0. The number of hydrogen-bond acceptors (Lipinski definition) is 3. The number of carboxylic acids is 1. The molecule has 1 N–H and O–H groups in total. The summed E-state index contributed by atoms with van der Waals surface area (Å²) in [5.41, 5.74) is 1.00. The lowest BCUT2D eigenvalue weighted by Gasteiger charge is -2.41. The van der Waals surface area contributed by atoms with Crippen LogP contribution in [0.2, 0.25) is 16.6 Å². The predicted octanol–water partition coefficient (Wildman–Crippen LogP) is 3.74. The van der Waals surface area contributed by atoms with Crippen LogP contribution in [0.15, 0.2) is 11.6 Å². The van der Waals surface area contributed by atoms with Gasteiger partial charge in [-0.2, -0.15) is 0 Å². The molecule has 0 rings (SSSR count). The topological polar surface area (TPSA) is 63.6 Å². The Bertz CT molecular complexity index is 348. The lowest BCUT2D eigenvalue weighted by Crippen LogP contribution is -2.49. The maximum atomic E-state index is 12.1. The molecule has 0 atom stereocenters. The highest BCUT2D eigenvalue weighted by Crippen LogP contribution is 2.42. The molecule has 0 bridgehead atoms. The van der Waals surface area contributed by atoms with Gasteiger partial charge in [0, 0.05) is 11.6 Å². The van der Waals surface area contributed by atoms with Gasteiger partial charge in [0.1, 0.15) is 0 Å². The van der Waals surface area contributed by atoms with E-state index in [2.05, 4.69) is 41.5 Å². The molecular formula is C14H26O4Si. The van der Waals surface area contributed by atoms with Crippen LogP contribution in [0.5, 0.6) is 0 Å². The van der Waals surface area contributed by atoms with E-state index in [0.29, 0.717) is 0 Å². The van der Waals surface area contributed by atoms with Crippen LogP contribution in [0.1, 0.15) is 48.5 Å². The van der Waals surface area contributed by atoms with Crippen LogP contribution in [0, 0.1) is 0 Å². The third-order valence-corrected chi connectivity index (χ3v) is 9.59. The largest absolute Gasteiger partial charge is 0.515 e. The SMILES string of the molecule is C/C(=C/C(=O)O)C(=O)O[Si](C(C)C)(C(C)C)C(C)C. The van der Waals surface area contributed by atoms with E-state index in [9.17, 15) is 9.59 Å². The molecule has 0 aliphatic rings. The van der Waals surface area contributed by atoms with E-state index in [4.69, 9.17) is 9.53 Å². The average molecular weight is 286 g/mol. The summed E-state index contributed by atoms with van der Waals surface area (Å²) in [7, 11) is -2.29. The molecule has 0 unspecified atom stereocenters. The van der Waals surface area contributed by atoms with Crippen LogP contribution in [-0.2, 0) is 14.0 Å². The summed E-state index contributed by atoms with van der Waals surface area (Å²) in [4.78, 5) is 22.7. The first-order valence-electron chi connectivity index (χ1n) is 6.70. The zero-order valence-electron chi connectivity index (χ0n) is 13.0. The Kier molecular flexibility index (Phi) is 6.49. The summed E-state index contributed by atoms with van der Waals surface area (Å²) in [6.45, 7) is 14.0. The Labute approximate surface area is 117 Å². The normalized spacial score (nSPS) is 13.3. The van der Waals surface area contributed by atoms with Crippen LogP contribution < -0.4 is 0 Å². The van der Waals surface area contributed by atoms with E-state index < -0.39 is 20.3 Å². The molecule has 0 aliphatic carbocycles. The summed E-state index contributed by atoms with van der Waals surface area (Å²) in [6, 6.07) is 0. The molecule has 0 saturated heterocycles. The highest BCUT2D eigenvalue weighted by Gasteiger charge is 2.48. The van der Waals surface area contributed by atoms with Crippen LogP contribution >= 0.6 is 0 Å². The summed E-state index contributed by atoms with van der Waals surface area (Å²) >= 11 is 0. The fraction of sp³-hybridized carbons (Fsp3) is 0.714. The minimum Gasteiger partial charge on any atom is -0.515 e. The first kappa shape index (κ1) is 17.9. The van der Waals surface area contributed by atoms with E-state index in [1.54, 1.807) is 0 Å². The molecule has 110 valence electrons. The van der Waals surface area contributed by atoms with Gasteiger partial charge >= 0.3 is 11.9 Å². The first-order valence-corrected chi connectivity index (χ1v) is 8.84. The number of aliphatic carboxylic acids is 1. The monoisotopic (exact) mass is 286 g/mol. The summed E-state index contributed by atoms with van der Waals surface area (Å²) < 4.78 is 5.85. The van der Waals surface area contributed by atoms with E-state index >= 15 is 0 Å². The van der Waals surface area contributed by atoms with E-state index in [1.165, 1.54) is 6.92 Å². The van der Waals surface area contributed by atoms with Gasteiger partial charge < -0.3 is 9.53 Å². The minimum absolute atomic E-state index is 0.145. The summed E-state index contributed by atoms with van der Waals surface area (Å²) in [5.74, 6) is -1.62. The van der Waals surface area contributed by atoms with Crippen LogP contribution in [0.4, 0.5) is 0 Å². The zero-order chi connectivity index (χ0) is 15.4. The van der Waals surface area contributed by atoms with Crippen LogP contribution in [-0.4, -0.2) is 25.4 Å². The van der Waals surface area contributed by atoms with Crippen molar-refractivity contribution in [2.75, 3.05) is 0 Å². The second-order valence-corrected chi connectivity index (χ2v) is 11.2. The molecule has 0 spiro atoms. The minimum atomic E-state index is -2.29. The van der Waals surface area contributed by atoms with Gasteiger partial charge in [-0.3, -0.25) is 0 Å². The average Bonchev–Trinajstić information content (AvgIpc) is 2.22. The van der Waals surface area contributed by atoms with Crippen molar-refractivity contribution in [3.8, 4) is 0 Å². The van der Waals surface area contributed by atoms with Crippen LogP contribution in [0.25, 0.3) is 0 Å². The Morgan fingerprint density at radius 2 is 1.37 bits per heavy atom. The van der Waals surface area contributed by atoms with Gasteiger partial charge in [0.15, 0.2) is 0 Å². The van der Waals surface area contributed by atoms with Crippen molar-refractivity contribution in [1.29, 1.82) is 0 Å². The Balaban J connectivity index is 5.36. The highest BCUT2D eigenvalue weighted by atomic mass is 28.4. The van der Waals surface area contributed by atoms with E-state index in [1.807, 2.05) is 0 Å². The molecule has 0 fully saturated rings. The van der Waals surface area contributed by atoms with Crippen LogP contribution in [0.3, 0.4) is 0 Å². The first-order chi connectivity index (χ1) is 8.55. The van der Waals surface area contributed by atoms with Gasteiger partial charge in [-0.1, -0.05) is 41.5 Å². The molecule has 0 aromatic rings. The molecule has 0 radical (unpaired) electrons.